The predicted octanol–water partition coefficient (Wildman–Crippen LogP) is 3.32. The number of aliphatic hydroxyl groups is 1. The summed E-state index contributed by atoms with van der Waals surface area (Å²) in [4.78, 5) is 1.26. The van der Waals surface area contributed by atoms with Gasteiger partial charge in [-0.2, -0.15) is 0 Å². The molecule has 1 aromatic rings. The Bertz CT molecular complexity index is 363. The second-order valence-electron chi connectivity index (χ2n) is 4.95. The largest absolute Gasteiger partial charge is 0.497 e. The van der Waals surface area contributed by atoms with Crippen LogP contribution < -0.4 is 10.1 Å². The Morgan fingerprint density at radius 1 is 1.25 bits per heavy atom. The van der Waals surface area contributed by atoms with Crippen LogP contribution in [0.15, 0.2) is 29.2 Å². The number of aliphatic hydroxyl groups excluding tert-OH is 1. The fourth-order valence-corrected chi connectivity index (χ4v) is 3.14. The zero-order valence-corrected chi connectivity index (χ0v) is 13.6. The van der Waals surface area contributed by atoms with Gasteiger partial charge in [-0.3, -0.25) is 0 Å². The van der Waals surface area contributed by atoms with Gasteiger partial charge in [0.15, 0.2) is 0 Å². The lowest BCUT2D eigenvalue weighted by Crippen LogP contribution is -2.48. The van der Waals surface area contributed by atoms with Crippen molar-refractivity contribution in [2.45, 2.75) is 43.5 Å². The van der Waals surface area contributed by atoms with Crippen molar-refractivity contribution >= 4 is 11.8 Å². The summed E-state index contributed by atoms with van der Waals surface area (Å²) in [6.45, 7) is 5.34. The molecule has 0 saturated heterocycles. The molecule has 0 aliphatic heterocycles. The second-order valence-corrected chi connectivity index (χ2v) is 6.12. The molecule has 0 aliphatic rings. The van der Waals surface area contributed by atoms with E-state index in [1.165, 1.54) is 4.90 Å². The fourth-order valence-electron chi connectivity index (χ4n) is 2.28. The van der Waals surface area contributed by atoms with Crippen LogP contribution in [0.2, 0.25) is 0 Å². The number of likely N-dealkylation sites (N-methyl/N-ethyl adjacent to an activating group) is 1. The zero-order valence-electron chi connectivity index (χ0n) is 12.8. The van der Waals surface area contributed by atoms with E-state index in [4.69, 9.17) is 4.74 Å². The van der Waals surface area contributed by atoms with Gasteiger partial charge in [0.1, 0.15) is 5.75 Å². The molecule has 0 aromatic heterocycles. The summed E-state index contributed by atoms with van der Waals surface area (Å²) < 4.78 is 5.15. The fraction of sp³-hybridized carbons (Fsp3) is 0.625. The van der Waals surface area contributed by atoms with Crippen molar-refractivity contribution in [1.82, 2.24) is 5.32 Å². The van der Waals surface area contributed by atoms with Crippen molar-refractivity contribution in [3.05, 3.63) is 24.3 Å². The van der Waals surface area contributed by atoms with Gasteiger partial charge in [0.25, 0.3) is 0 Å². The summed E-state index contributed by atoms with van der Waals surface area (Å²) in [5.74, 6) is 1.96. The van der Waals surface area contributed by atoms with Crippen molar-refractivity contribution in [1.29, 1.82) is 0 Å². The zero-order chi connectivity index (χ0) is 14.8. The average molecular weight is 297 g/mol. The third-order valence-corrected chi connectivity index (χ3v) is 4.76. The van der Waals surface area contributed by atoms with Crippen LogP contribution in [0.5, 0.6) is 5.75 Å². The molecule has 0 fully saturated rings. The first-order valence-electron chi connectivity index (χ1n) is 7.32. The Balaban J connectivity index is 2.35. The maximum atomic E-state index is 9.60. The molecular weight excluding hydrogens is 270 g/mol. The first kappa shape index (κ1) is 17.3. The molecule has 3 nitrogen and oxygen atoms in total. The SMILES string of the molecule is CCNC(CC)(CO)CCCSc1ccc(OC)cc1. The van der Waals surface area contributed by atoms with Crippen LogP contribution in [0.4, 0.5) is 0 Å². The van der Waals surface area contributed by atoms with E-state index in [1.54, 1.807) is 7.11 Å². The van der Waals surface area contributed by atoms with Crippen molar-refractivity contribution in [2.24, 2.45) is 0 Å². The third kappa shape index (κ3) is 5.35. The molecule has 1 rings (SSSR count). The Hall–Kier alpha value is -0.710. The van der Waals surface area contributed by atoms with E-state index in [0.717, 1.165) is 37.3 Å². The maximum Gasteiger partial charge on any atom is 0.118 e. The molecule has 1 unspecified atom stereocenters. The maximum absolute atomic E-state index is 9.60. The number of benzene rings is 1. The number of hydrogen-bond acceptors (Lipinski definition) is 4. The van der Waals surface area contributed by atoms with E-state index in [9.17, 15) is 5.11 Å². The summed E-state index contributed by atoms with van der Waals surface area (Å²) in [6.07, 6.45) is 3.07. The van der Waals surface area contributed by atoms with Crippen LogP contribution in [-0.2, 0) is 0 Å². The Morgan fingerprint density at radius 3 is 2.45 bits per heavy atom. The molecule has 0 spiro atoms. The molecule has 0 saturated carbocycles. The van der Waals surface area contributed by atoms with E-state index < -0.39 is 0 Å². The number of hydrogen-bond donors (Lipinski definition) is 2. The molecule has 0 amide bonds. The van der Waals surface area contributed by atoms with E-state index in [2.05, 4.69) is 31.3 Å². The molecular formula is C16H27NO2S. The second kappa shape index (κ2) is 9.27. The first-order valence-corrected chi connectivity index (χ1v) is 8.31. The van der Waals surface area contributed by atoms with Gasteiger partial charge < -0.3 is 15.2 Å². The van der Waals surface area contributed by atoms with E-state index >= 15 is 0 Å². The molecule has 2 N–H and O–H groups in total. The third-order valence-electron chi connectivity index (χ3n) is 3.66. The number of thioether (sulfide) groups is 1. The van der Waals surface area contributed by atoms with Gasteiger partial charge in [0, 0.05) is 10.4 Å². The van der Waals surface area contributed by atoms with Gasteiger partial charge in [-0.15, -0.1) is 11.8 Å². The Labute approximate surface area is 127 Å². The summed E-state index contributed by atoms with van der Waals surface area (Å²) in [6, 6.07) is 8.16. The summed E-state index contributed by atoms with van der Waals surface area (Å²) >= 11 is 1.85. The van der Waals surface area contributed by atoms with Crippen LogP contribution >= 0.6 is 11.8 Å². The highest BCUT2D eigenvalue weighted by molar-refractivity contribution is 7.99. The van der Waals surface area contributed by atoms with Gasteiger partial charge in [0.2, 0.25) is 0 Å². The van der Waals surface area contributed by atoms with Gasteiger partial charge in [-0.25, -0.2) is 0 Å². The van der Waals surface area contributed by atoms with Crippen LogP contribution in [0.3, 0.4) is 0 Å². The van der Waals surface area contributed by atoms with Gasteiger partial charge in [-0.05, 0) is 55.8 Å². The standard InChI is InChI=1S/C16H27NO2S/c1-4-16(13-18,17-5-2)11-6-12-20-15-9-7-14(19-3)8-10-15/h7-10,17-18H,4-6,11-13H2,1-3H3. The summed E-state index contributed by atoms with van der Waals surface area (Å²) in [5, 5.41) is 13.0. The minimum absolute atomic E-state index is 0.102. The highest BCUT2D eigenvalue weighted by Gasteiger charge is 2.25. The van der Waals surface area contributed by atoms with Crippen molar-refractivity contribution < 1.29 is 9.84 Å². The Kier molecular flexibility index (Phi) is 8.04. The van der Waals surface area contributed by atoms with E-state index in [1.807, 2.05) is 23.9 Å². The van der Waals surface area contributed by atoms with Gasteiger partial charge >= 0.3 is 0 Å². The monoisotopic (exact) mass is 297 g/mol. The first-order chi connectivity index (χ1) is 9.69. The van der Waals surface area contributed by atoms with Crippen LogP contribution in [-0.4, -0.2) is 36.7 Å². The smallest absolute Gasteiger partial charge is 0.118 e. The lowest BCUT2D eigenvalue weighted by atomic mass is 9.91. The topological polar surface area (TPSA) is 41.5 Å². The number of ether oxygens (including phenoxy) is 1. The normalized spacial score (nSPS) is 14.0. The van der Waals surface area contributed by atoms with Gasteiger partial charge in [0.05, 0.1) is 13.7 Å². The molecule has 1 aromatic carbocycles. The number of rotatable bonds is 10. The highest BCUT2D eigenvalue weighted by Crippen LogP contribution is 2.24. The molecule has 0 heterocycles. The van der Waals surface area contributed by atoms with E-state index in [-0.39, 0.29) is 12.1 Å². The molecule has 4 heteroatoms. The Morgan fingerprint density at radius 2 is 1.95 bits per heavy atom. The van der Waals surface area contributed by atoms with Crippen LogP contribution in [0.25, 0.3) is 0 Å². The molecule has 114 valence electrons. The average Bonchev–Trinajstić information content (AvgIpc) is 2.51. The van der Waals surface area contributed by atoms with Crippen molar-refractivity contribution in [2.75, 3.05) is 26.0 Å². The predicted molar refractivity (Wildman–Crippen MR) is 86.7 cm³/mol. The highest BCUT2D eigenvalue weighted by atomic mass is 32.2. The minimum Gasteiger partial charge on any atom is -0.497 e. The van der Waals surface area contributed by atoms with E-state index in [0.29, 0.717) is 0 Å². The van der Waals surface area contributed by atoms with Crippen LogP contribution in [0, 0.1) is 0 Å². The lowest BCUT2D eigenvalue weighted by molar-refractivity contribution is 0.148. The summed E-state index contributed by atoms with van der Waals surface area (Å²) in [7, 11) is 1.68. The quantitative estimate of drug-likeness (QED) is 0.513. The molecule has 0 bridgehead atoms. The van der Waals surface area contributed by atoms with Crippen LogP contribution in [0.1, 0.15) is 33.1 Å². The number of methoxy groups -OCH3 is 1. The summed E-state index contributed by atoms with van der Waals surface area (Å²) in [5.41, 5.74) is -0.102. The minimum atomic E-state index is -0.102. The molecule has 0 radical (unpaired) electrons. The number of nitrogens with one attached hydrogen (secondary N) is 1. The molecule has 20 heavy (non-hydrogen) atoms. The molecule has 0 aliphatic carbocycles. The molecule has 1 atom stereocenters. The lowest BCUT2D eigenvalue weighted by Gasteiger charge is -2.31. The van der Waals surface area contributed by atoms with Gasteiger partial charge in [-0.1, -0.05) is 13.8 Å². The van der Waals surface area contributed by atoms with Crippen molar-refractivity contribution in [3.63, 3.8) is 0 Å². The van der Waals surface area contributed by atoms with Crippen molar-refractivity contribution in [3.8, 4) is 5.75 Å².